The fourth-order valence-corrected chi connectivity index (χ4v) is 1.78. The highest BCUT2D eigenvalue weighted by Gasteiger charge is 2.17. The van der Waals surface area contributed by atoms with E-state index < -0.39 is 11.7 Å². The molecule has 0 bridgehead atoms. The molecule has 1 N–H and O–H groups in total. The number of hydrogen-bond acceptors (Lipinski definition) is 2. The summed E-state index contributed by atoms with van der Waals surface area (Å²) in [7, 11) is 1.57. The van der Waals surface area contributed by atoms with Gasteiger partial charge in [-0.25, -0.2) is 4.39 Å². The van der Waals surface area contributed by atoms with Crippen LogP contribution >= 0.6 is 0 Å². The molecule has 0 atom stereocenters. The van der Waals surface area contributed by atoms with Crippen LogP contribution in [0.4, 0.5) is 10.1 Å². The molecule has 0 spiro atoms. The van der Waals surface area contributed by atoms with Gasteiger partial charge in [-0.3, -0.25) is 4.79 Å². The molecule has 19 heavy (non-hydrogen) atoms. The summed E-state index contributed by atoms with van der Waals surface area (Å²) in [4.78, 5) is 13.6. The van der Waals surface area contributed by atoms with Gasteiger partial charge < -0.3 is 10.0 Å². The lowest BCUT2D eigenvalue weighted by Crippen LogP contribution is -2.27. The summed E-state index contributed by atoms with van der Waals surface area (Å²) < 4.78 is 13.7. The van der Waals surface area contributed by atoms with Gasteiger partial charge in [-0.2, -0.15) is 0 Å². The Morgan fingerprint density at radius 2 is 1.79 bits per heavy atom. The molecular weight excluding hydrogens is 245 g/mol. The van der Waals surface area contributed by atoms with E-state index in [4.69, 9.17) is 0 Å². The molecule has 98 valence electrons. The minimum absolute atomic E-state index is 0.0376. The number of rotatable bonds is 2. The Hall–Kier alpha value is -2.36. The van der Waals surface area contributed by atoms with Crippen molar-refractivity contribution >= 4 is 11.6 Å². The zero-order valence-electron chi connectivity index (χ0n) is 10.7. The first-order valence-electron chi connectivity index (χ1n) is 5.82. The molecule has 0 heterocycles. The second kappa shape index (κ2) is 5.10. The standard InChI is InChI=1S/C15H14FNO2/c1-10-3-8-14(16)13(9-10)15(19)17(2)11-4-6-12(18)7-5-11/h3-9,18H,1-2H3. The van der Waals surface area contributed by atoms with E-state index in [1.54, 1.807) is 32.2 Å². The molecule has 2 aromatic carbocycles. The summed E-state index contributed by atoms with van der Waals surface area (Å²) in [6.45, 7) is 1.80. The quantitative estimate of drug-likeness (QED) is 0.900. The van der Waals surface area contributed by atoms with Crippen molar-refractivity contribution in [2.45, 2.75) is 6.92 Å². The molecule has 4 heteroatoms. The maximum atomic E-state index is 13.7. The number of aryl methyl sites for hydroxylation is 1. The van der Waals surface area contributed by atoms with Gasteiger partial charge in [0.2, 0.25) is 0 Å². The van der Waals surface area contributed by atoms with Crippen LogP contribution in [-0.2, 0) is 0 Å². The topological polar surface area (TPSA) is 40.5 Å². The Morgan fingerprint density at radius 1 is 1.16 bits per heavy atom. The molecule has 1 amide bonds. The lowest BCUT2D eigenvalue weighted by Gasteiger charge is -2.18. The molecule has 2 aromatic rings. The largest absolute Gasteiger partial charge is 0.508 e. The van der Waals surface area contributed by atoms with Crippen LogP contribution in [0, 0.1) is 12.7 Å². The van der Waals surface area contributed by atoms with Crippen molar-refractivity contribution in [3.63, 3.8) is 0 Å². The number of aromatic hydroxyl groups is 1. The molecule has 0 fully saturated rings. The SMILES string of the molecule is Cc1ccc(F)c(C(=O)N(C)c2ccc(O)cc2)c1. The second-order valence-electron chi connectivity index (χ2n) is 4.36. The number of nitrogens with zero attached hydrogens (tertiary/aromatic N) is 1. The molecule has 0 radical (unpaired) electrons. The van der Waals surface area contributed by atoms with Crippen LogP contribution < -0.4 is 4.90 Å². The molecule has 0 unspecified atom stereocenters. The third-order valence-electron chi connectivity index (χ3n) is 2.89. The molecule has 0 aliphatic heterocycles. The molecule has 0 aromatic heterocycles. The Kier molecular flexibility index (Phi) is 3.51. The first-order chi connectivity index (χ1) is 8.99. The van der Waals surface area contributed by atoms with E-state index >= 15 is 0 Å². The number of phenols is 1. The molecule has 3 nitrogen and oxygen atoms in total. The van der Waals surface area contributed by atoms with Gasteiger partial charge in [0, 0.05) is 12.7 Å². The highest BCUT2D eigenvalue weighted by molar-refractivity contribution is 6.06. The summed E-state index contributed by atoms with van der Waals surface area (Å²) in [6, 6.07) is 10.6. The van der Waals surface area contributed by atoms with Crippen molar-refractivity contribution in [3.8, 4) is 5.75 Å². The van der Waals surface area contributed by atoms with E-state index in [-0.39, 0.29) is 11.3 Å². The normalized spacial score (nSPS) is 10.3. The van der Waals surface area contributed by atoms with Gasteiger partial charge in [0.15, 0.2) is 0 Å². The fraction of sp³-hybridized carbons (Fsp3) is 0.133. The van der Waals surface area contributed by atoms with E-state index in [9.17, 15) is 14.3 Å². The van der Waals surface area contributed by atoms with E-state index in [0.29, 0.717) is 5.69 Å². The smallest absolute Gasteiger partial charge is 0.260 e. The van der Waals surface area contributed by atoms with Crippen LogP contribution in [-0.4, -0.2) is 18.1 Å². The second-order valence-corrected chi connectivity index (χ2v) is 4.36. The van der Waals surface area contributed by atoms with Crippen LogP contribution in [0.5, 0.6) is 5.75 Å². The average molecular weight is 259 g/mol. The number of hydrogen-bond donors (Lipinski definition) is 1. The maximum Gasteiger partial charge on any atom is 0.260 e. The average Bonchev–Trinajstić information content (AvgIpc) is 2.41. The Morgan fingerprint density at radius 3 is 2.42 bits per heavy atom. The van der Waals surface area contributed by atoms with Gasteiger partial charge in [0.25, 0.3) is 5.91 Å². The predicted molar refractivity (Wildman–Crippen MR) is 72.0 cm³/mol. The van der Waals surface area contributed by atoms with Crippen LogP contribution in [0.1, 0.15) is 15.9 Å². The van der Waals surface area contributed by atoms with E-state index in [0.717, 1.165) is 5.56 Å². The van der Waals surface area contributed by atoms with E-state index in [2.05, 4.69) is 0 Å². The lowest BCUT2D eigenvalue weighted by molar-refractivity contribution is 0.0989. The van der Waals surface area contributed by atoms with Gasteiger partial charge in [-0.05, 0) is 43.3 Å². The number of carbonyl (C=O) groups excluding carboxylic acids is 1. The number of phenolic OH excluding ortho intramolecular Hbond substituents is 1. The Labute approximate surface area is 110 Å². The molecule has 2 rings (SSSR count). The third kappa shape index (κ3) is 2.73. The highest BCUT2D eigenvalue weighted by Crippen LogP contribution is 2.20. The van der Waals surface area contributed by atoms with Crippen molar-refractivity contribution in [1.29, 1.82) is 0 Å². The van der Waals surface area contributed by atoms with Gasteiger partial charge in [-0.1, -0.05) is 11.6 Å². The highest BCUT2D eigenvalue weighted by atomic mass is 19.1. The van der Waals surface area contributed by atoms with Gasteiger partial charge >= 0.3 is 0 Å². The number of anilines is 1. The summed E-state index contributed by atoms with van der Waals surface area (Å²) in [5.74, 6) is -0.848. The molecule has 0 saturated heterocycles. The summed E-state index contributed by atoms with van der Waals surface area (Å²) >= 11 is 0. The minimum atomic E-state index is -0.541. The Balaban J connectivity index is 2.33. The van der Waals surface area contributed by atoms with Crippen molar-refractivity contribution < 1.29 is 14.3 Å². The number of halogens is 1. The van der Waals surface area contributed by atoms with Crippen LogP contribution in [0.2, 0.25) is 0 Å². The van der Waals surface area contributed by atoms with Crippen molar-refractivity contribution in [1.82, 2.24) is 0 Å². The van der Waals surface area contributed by atoms with Crippen molar-refractivity contribution in [2.24, 2.45) is 0 Å². The first kappa shape index (κ1) is 13.1. The third-order valence-corrected chi connectivity index (χ3v) is 2.89. The predicted octanol–water partition coefficient (Wildman–Crippen LogP) is 3.12. The van der Waals surface area contributed by atoms with Crippen molar-refractivity contribution in [3.05, 3.63) is 59.4 Å². The van der Waals surface area contributed by atoms with E-state index in [1.165, 1.54) is 29.2 Å². The minimum Gasteiger partial charge on any atom is -0.508 e. The summed E-state index contributed by atoms with van der Waals surface area (Å²) in [5.41, 5.74) is 1.45. The number of carbonyl (C=O) groups is 1. The monoisotopic (exact) mass is 259 g/mol. The van der Waals surface area contributed by atoms with Gasteiger partial charge in [0.1, 0.15) is 11.6 Å². The molecule has 0 aliphatic carbocycles. The summed E-state index contributed by atoms with van der Waals surface area (Å²) in [6.07, 6.45) is 0. The number of amides is 1. The van der Waals surface area contributed by atoms with Gasteiger partial charge in [0.05, 0.1) is 5.56 Å². The molecule has 0 aliphatic rings. The Bertz CT molecular complexity index is 608. The fourth-order valence-electron chi connectivity index (χ4n) is 1.78. The van der Waals surface area contributed by atoms with Crippen molar-refractivity contribution in [2.75, 3.05) is 11.9 Å². The zero-order valence-corrected chi connectivity index (χ0v) is 10.7. The van der Waals surface area contributed by atoms with Gasteiger partial charge in [-0.15, -0.1) is 0 Å². The van der Waals surface area contributed by atoms with Crippen LogP contribution in [0.15, 0.2) is 42.5 Å². The first-order valence-corrected chi connectivity index (χ1v) is 5.82. The van der Waals surface area contributed by atoms with Crippen LogP contribution in [0.25, 0.3) is 0 Å². The lowest BCUT2D eigenvalue weighted by atomic mass is 10.1. The maximum absolute atomic E-state index is 13.7. The van der Waals surface area contributed by atoms with Crippen LogP contribution in [0.3, 0.4) is 0 Å². The van der Waals surface area contributed by atoms with E-state index in [1.807, 2.05) is 0 Å². The number of benzene rings is 2. The molecule has 0 saturated carbocycles. The summed E-state index contributed by atoms with van der Waals surface area (Å²) in [5, 5.41) is 9.21. The zero-order chi connectivity index (χ0) is 14.0. The molecular formula is C15H14FNO2.